The molecule has 1 amide bonds. The minimum Gasteiger partial charge on any atom is -0.399 e. The lowest BCUT2D eigenvalue weighted by Crippen LogP contribution is -2.23. The first-order chi connectivity index (χ1) is 9.47. The van der Waals surface area contributed by atoms with Crippen molar-refractivity contribution in [1.29, 1.82) is 0 Å². The van der Waals surface area contributed by atoms with Gasteiger partial charge in [-0.2, -0.15) is 0 Å². The fourth-order valence-electron chi connectivity index (χ4n) is 1.54. The van der Waals surface area contributed by atoms with Gasteiger partial charge >= 0.3 is 0 Å². The second kappa shape index (κ2) is 5.91. The van der Waals surface area contributed by atoms with Crippen molar-refractivity contribution < 1.29 is 4.79 Å². The molecular formula is C12H16N6OS. The van der Waals surface area contributed by atoms with Crippen LogP contribution in [0.5, 0.6) is 0 Å². The fraction of sp³-hybridized carbons (Fsp3) is 0.333. The van der Waals surface area contributed by atoms with E-state index < -0.39 is 0 Å². The predicted molar refractivity (Wildman–Crippen MR) is 78.3 cm³/mol. The van der Waals surface area contributed by atoms with Crippen LogP contribution in [0.15, 0.2) is 23.4 Å². The van der Waals surface area contributed by atoms with Crippen molar-refractivity contribution in [2.45, 2.75) is 24.3 Å². The van der Waals surface area contributed by atoms with Crippen molar-refractivity contribution in [3.63, 3.8) is 0 Å². The van der Waals surface area contributed by atoms with Gasteiger partial charge in [-0.25, -0.2) is 4.68 Å². The summed E-state index contributed by atoms with van der Waals surface area (Å²) in [4.78, 5) is 12.2. The van der Waals surface area contributed by atoms with Crippen LogP contribution in [0.3, 0.4) is 0 Å². The van der Waals surface area contributed by atoms with Crippen LogP contribution in [0.2, 0.25) is 0 Å². The average molecular weight is 292 g/mol. The largest absolute Gasteiger partial charge is 0.399 e. The molecule has 1 aromatic heterocycles. The molecule has 1 aromatic carbocycles. The van der Waals surface area contributed by atoms with E-state index in [0.29, 0.717) is 10.8 Å². The van der Waals surface area contributed by atoms with Crippen LogP contribution in [0, 0.1) is 6.92 Å². The van der Waals surface area contributed by atoms with Crippen LogP contribution >= 0.6 is 11.8 Å². The van der Waals surface area contributed by atoms with Gasteiger partial charge in [0.25, 0.3) is 0 Å². The van der Waals surface area contributed by atoms with Crippen LogP contribution < -0.4 is 11.1 Å². The molecule has 8 heteroatoms. The van der Waals surface area contributed by atoms with E-state index in [0.717, 1.165) is 11.3 Å². The molecule has 7 nitrogen and oxygen atoms in total. The number of aromatic nitrogens is 4. The third-order valence-electron chi connectivity index (χ3n) is 2.75. The number of hydrogen-bond donors (Lipinski definition) is 2. The van der Waals surface area contributed by atoms with Crippen LogP contribution in [0.25, 0.3) is 0 Å². The van der Waals surface area contributed by atoms with E-state index in [4.69, 9.17) is 5.73 Å². The first-order valence-electron chi connectivity index (χ1n) is 6.03. The molecule has 0 fully saturated rings. The molecule has 106 valence electrons. The highest BCUT2D eigenvalue weighted by molar-refractivity contribution is 8.00. The number of benzene rings is 1. The summed E-state index contributed by atoms with van der Waals surface area (Å²) in [5, 5.41) is 14.2. The van der Waals surface area contributed by atoms with Crippen LogP contribution in [-0.4, -0.2) is 31.4 Å². The first kappa shape index (κ1) is 14.3. The Hall–Kier alpha value is -2.09. The summed E-state index contributed by atoms with van der Waals surface area (Å²) in [6.45, 7) is 3.72. The van der Waals surface area contributed by atoms with Gasteiger partial charge in [-0.3, -0.25) is 4.79 Å². The van der Waals surface area contributed by atoms with E-state index in [1.165, 1.54) is 16.4 Å². The topological polar surface area (TPSA) is 98.7 Å². The number of amides is 1. The number of carbonyl (C=O) groups is 1. The van der Waals surface area contributed by atoms with Gasteiger partial charge in [-0.05, 0) is 42.0 Å². The molecule has 1 atom stereocenters. The molecule has 0 bridgehead atoms. The molecule has 0 spiro atoms. The van der Waals surface area contributed by atoms with Gasteiger partial charge in [0.1, 0.15) is 0 Å². The number of nitrogens with two attached hydrogens (primary N) is 1. The minimum absolute atomic E-state index is 0.119. The average Bonchev–Trinajstić information content (AvgIpc) is 2.79. The molecule has 1 heterocycles. The highest BCUT2D eigenvalue weighted by atomic mass is 32.2. The Morgan fingerprint density at radius 1 is 1.50 bits per heavy atom. The summed E-state index contributed by atoms with van der Waals surface area (Å²) in [5.41, 5.74) is 8.02. The third kappa shape index (κ3) is 3.27. The summed E-state index contributed by atoms with van der Waals surface area (Å²) in [5.74, 6) is -0.119. The highest BCUT2D eigenvalue weighted by Crippen LogP contribution is 2.23. The van der Waals surface area contributed by atoms with Crippen LogP contribution in [-0.2, 0) is 11.8 Å². The lowest BCUT2D eigenvalue weighted by molar-refractivity contribution is -0.115. The van der Waals surface area contributed by atoms with Gasteiger partial charge in [0, 0.05) is 18.4 Å². The Bertz CT molecular complexity index is 626. The Balaban J connectivity index is 2.04. The predicted octanol–water partition coefficient (Wildman–Crippen LogP) is 1.22. The molecule has 0 radical (unpaired) electrons. The van der Waals surface area contributed by atoms with E-state index in [1.807, 2.05) is 13.0 Å². The lowest BCUT2D eigenvalue weighted by Gasteiger charge is -2.13. The SMILES string of the molecule is Cc1ccc(N)cc1NC(=O)C(C)Sc1nnnn1C. The number of nitrogens with one attached hydrogen (secondary N) is 1. The van der Waals surface area contributed by atoms with Crippen molar-refractivity contribution in [3.05, 3.63) is 23.8 Å². The van der Waals surface area contributed by atoms with E-state index in [1.54, 1.807) is 26.1 Å². The van der Waals surface area contributed by atoms with Crippen molar-refractivity contribution in [2.24, 2.45) is 7.05 Å². The molecule has 3 N–H and O–H groups in total. The molecule has 0 saturated heterocycles. The van der Waals surface area contributed by atoms with Gasteiger partial charge in [-0.15, -0.1) is 5.10 Å². The summed E-state index contributed by atoms with van der Waals surface area (Å²) < 4.78 is 1.53. The van der Waals surface area contributed by atoms with Gasteiger partial charge in [-0.1, -0.05) is 17.8 Å². The second-order valence-corrected chi connectivity index (χ2v) is 5.72. The van der Waals surface area contributed by atoms with Gasteiger partial charge < -0.3 is 11.1 Å². The third-order valence-corrected chi connectivity index (χ3v) is 3.88. The smallest absolute Gasteiger partial charge is 0.237 e. The number of nitrogens with zero attached hydrogens (tertiary/aromatic N) is 4. The maximum absolute atomic E-state index is 12.2. The van der Waals surface area contributed by atoms with E-state index in [9.17, 15) is 4.79 Å². The highest BCUT2D eigenvalue weighted by Gasteiger charge is 2.18. The molecule has 20 heavy (non-hydrogen) atoms. The van der Waals surface area contributed by atoms with Crippen molar-refractivity contribution in [3.8, 4) is 0 Å². The first-order valence-corrected chi connectivity index (χ1v) is 6.91. The van der Waals surface area contributed by atoms with Crippen molar-refractivity contribution in [2.75, 3.05) is 11.1 Å². The number of nitrogen functional groups attached to an aromatic ring is 1. The number of hydrogen-bond acceptors (Lipinski definition) is 6. The van der Waals surface area contributed by atoms with Crippen molar-refractivity contribution in [1.82, 2.24) is 20.2 Å². The van der Waals surface area contributed by atoms with Gasteiger partial charge in [0.05, 0.1) is 5.25 Å². The Kier molecular flexibility index (Phi) is 4.23. The molecule has 0 saturated carbocycles. The standard InChI is InChI=1S/C12H16N6OS/c1-7-4-5-9(13)6-10(7)14-11(19)8(2)20-12-15-16-17-18(12)3/h4-6,8H,13H2,1-3H3,(H,14,19). The van der Waals surface area contributed by atoms with Crippen molar-refractivity contribution >= 4 is 29.0 Å². The number of anilines is 2. The zero-order chi connectivity index (χ0) is 14.7. The summed E-state index contributed by atoms with van der Waals surface area (Å²) in [7, 11) is 1.73. The molecule has 1 unspecified atom stereocenters. The van der Waals surface area contributed by atoms with Gasteiger partial charge in [0.15, 0.2) is 0 Å². The molecule has 2 rings (SSSR count). The molecule has 0 aliphatic rings. The summed E-state index contributed by atoms with van der Waals surface area (Å²) in [6, 6.07) is 5.41. The number of carbonyl (C=O) groups excluding carboxylic acids is 1. The number of tetrazole rings is 1. The molecule has 2 aromatic rings. The maximum Gasteiger partial charge on any atom is 0.237 e. The zero-order valence-electron chi connectivity index (χ0n) is 11.5. The lowest BCUT2D eigenvalue weighted by atomic mass is 10.2. The number of rotatable bonds is 4. The number of thioether (sulfide) groups is 1. The molecular weight excluding hydrogens is 276 g/mol. The fourth-order valence-corrected chi connectivity index (χ4v) is 2.30. The van der Waals surface area contributed by atoms with E-state index >= 15 is 0 Å². The maximum atomic E-state index is 12.2. The second-order valence-electron chi connectivity index (χ2n) is 4.41. The normalized spacial score (nSPS) is 12.2. The summed E-state index contributed by atoms with van der Waals surface area (Å²) in [6.07, 6.45) is 0. The molecule has 0 aliphatic heterocycles. The Labute approximate surface area is 120 Å². The van der Waals surface area contributed by atoms with Gasteiger partial charge in [0.2, 0.25) is 11.1 Å². The number of aryl methyl sites for hydroxylation is 2. The Morgan fingerprint density at radius 3 is 2.90 bits per heavy atom. The van der Waals surface area contributed by atoms with E-state index in [-0.39, 0.29) is 11.2 Å². The Morgan fingerprint density at radius 2 is 2.25 bits per heavy atom. The minimum atomic E-state index is -0.319. The quantitative estimate of drug-likeness (QED) is 0.649. The molecule has 0 aliphatic carbocycles. The zero-order valence-corrected chi connectivity index (χ0v) is 12.3. The van der Waals surface area contributed by atoms with Crippen LogP contribution in [0.1, 0.15) is 12.5 Å². The summed E-state index contributed by atoms with van der Waals surface area (Å²) >= 11 is 1.30. The van der Waals surface area contributed by atoms with Crippen LogP contribution in [0.4, 0.5) is 11.4 Å². The van der Waals surface area contributed by atoms with E-state index in [2.05, 4.69) is 20.8 Å². The monoisotopic (exact) mass is 292 g/mol.